The number of amides is 2. The Bertz CT molecular complexity index is 926. The molecule has 0 spiro atoms. The number of thioether (sulfide) groups is 1. The minimum absolute atomic E-state index is 0.00733. The van der Waals surface area contributed by atoms with Crippen LogP contribution in [-0.2, 0) is 9.59 Å². The van der Waals surface area contributed by atoms with Crippen molar-refractivity contribution in [3.63, 3.8) is 0 Å². The smallest absolute Gasteiger partial charge is 0.225 e. The minimum Gasteiger partial charge on any atom is -0.339 e. The lowest BCUT2D eigenvalue weighted by Gasteiger charge is -2.40. The van der Waals surface area contributed by atoms with E-state index >= 15 is 0 Å². The van der Waals surface area contributed by atoms with Gasteiger partial charge < -0.3 is 9.80 Å². The Morgan fingerprint density at radius 2 is 1.90 bits per heavy atom. The fraction of sp³-hybridized carbons (Fsp3) is 0.565. The summed E-state index contributed by atoms with van der Waals surface area (Å²) >= 11 is 1.63. The molecule has 1 aromatic carbocycles. The molecule has 1 fully saturated rings. The second-order valence-corrected chi connectivity index (χ2v) is 9.54. The Hall–Kier alpha value is -2.35. The van der Waals surface area contributed by atoms with Gasteiger partial charge >= 0.3 is 0 Å². The van der Waals surface area contributed by atoms with E-state index in [1.165, 1.54) is 5.56 Å². The van der Waals surface area contributed by atoms with Crippen LogP contribution in [0.2, 0.25) is 0 Å². The number of carbonyl (C=O) groups is 2. The minimum atomic E-state index is -0.00733. The largest absolute Gasteiger partial charge is 0.339 e. The molecule has 1 aromatic heterocycles. The molecular weight excluding hydrogens is 410 g/mol. The second kappa shape index (κ2) is 10.3. The van der Waals surface area contributed by atoms with Crippen LogP contribution in [0.25, 0.3) is 5.69 Å². The van der Waals surface area contributed by atoms with E-state index in [0.717, 1.165) is 28.8 Å². The van der Waals surface area contributed by atoms with E-state index in [1.807, 2.05) is 49.6 Å². The van der Waals surface area contributed by atoms with Crippen LogP contribution in [0.5, 0.6) is 0 Å². The predicted octanol–water partition coefficient (Wildman–Crippen LogP) is 3.47. The van der Waals surface area contributed by atoms with Gasteiger partial charge in [0.15, 0.2) is 5.16 Å². The Morgan fingerprint density at radius 1 is 1.16 bits per heavy atom. The summed E-state index contributed by atoms with van der Waals surface area (Å²) in [7, 11) is 0. The molecule has 2 heterocycles. The highest BCUT2D eigenvalue weighted by Crippen LogP contribution is 2.25. The topological polar surface area (TPSA) is 71.3 Å². The molecule has 0 N–H and O–H groups in total. The molecule has 8 heteroatoms. The molecule has 0 radical (unpaired) electrons. The summed E-state index contributed by atoms with van der Waals surface area (Å²) in [5.74, 6) is 1.99. The summed E-state index contributed by atoms with van der Waals surface area (Å²) < 4.78 is 2.08. The first-order valence-corrected chi connectivity index (χ1v) is 12.0. The first-order valence-electron chi connectivity index (χ1n) is 11.0. The van der Waals surface area contributed by atoms with E-state index in [-0.39, 0.29) is 23.8 Å². The summed E-state index contributed by atoms with van der Waals surface area (Å²) in [5, 5.41) is 9.44. The first kappa shape index (κ1) is 23.3. The zero-order chi connectivity index (χ0) is 22.5. The molecule has 1 unspecified atom stereocenters. The fourth-order valence-corrected chi connectivity index (χ4v) is 4.85. The quantitative estimate of drug-likeness (QED) is 0.484. The average molecular weight is 444 g/mol. The molecule has 1 aliphatic rings. The molecule has 7 nitrogen and oxygen atoms in total. The Morgan fingerprint density at radius 3 is 2.58 bits per heavy atom. The summed E-state index contributed by atoms with van der Waals surface area (Å²) in [6.07, 6.45) is 1.29. The summed E-state index contributed by atoms with van der Waals surface area (Å²) in [6.45, 7) is 11.8. The van der Waals surface area contributed by atoms with Crippen LogP contribution in [0.1, 0.15) is 45.0 Å². The number of rotatable bonds is 7. The lowest BCUT2D eigenvalue weighted by Crippen LogP contribution is -2.56. The van der Waals surface area contributed by atoms with Gasteiger partial charge in [-0.3, -0.25) is 14.2 Å². The van der Waals surface area contributed by atoms with Crippen molar-refractivity contribution in [1.29, 1.82) is 0 Å². The molecule has 1 atom stereocenters. The third kappa shape index (κ3) is 5.47. The fourth-order valence-electron chi connectivity index (χ4n) is 3.92. The monoisotopic (exact) mass is 443 g/mol. The highest BCUT2D eigenvalue weighted by Gasteiger charge is 2.30. The average Bonchev–Trinajstić information content (AvgIpc) is 3.10. The lowest BCUT2D eigenvalue weighted by atomic mass is 10.1. The molecule has 2 aromatic rings. The lowest BCUT2D eigenvalue weighted by molar-refractivity contribution is -0.144. The third-order valence-electron chi connectivity index (χ3n) is 5.67. The first-order chi connectivity index (χ1) is 14.8. The van der Waals surface area contributed by atoms with Gasteiger partial charge in [0.1, 0.15) is 5.82 Å². The second-order valence-electron chi connectivity index (χ2n) is 8.48. The molecular formula is C23H33N5O2S. The van der Waals surface area contributed by atoms with Gasteiger partial charge in [0, 0.05) is 43.8 Å². The van der Waals surface area contributed by atoms with Gasteiger partial charge in [0.05, 0.1) is 5.69 Å². The zero-order valence-corrected chi connectivity index (χ0v) is 20.0. The molecule has 0 aliphatic carbocycles. The maximum Gasteiger partial charge on any atom is 0.225 e. The summed E-state index contributed by atoms with van der Waals surface area (Å²) in [6, 6.07) is 8.26. The normalized spacial score (nSPS) is 16.8. The summed E-state index contributed by atoms with van der Waals surface area (Å²) in [5.41, 5.74) is 2.26. The number of aryl methyl sites for hydroxylation is 2. The predicted molar refractivity (Wildman–Crippen MR) is 123 cm³/mol. The molecule has 1 aliphatic heterocycles. The Balaban J connectivity index is 1.50. The summed E-state index contributed by atoms with van der Waals surface area (Å²) in [4.78, 5) is 28.8. The molecule has 0 bridgehead atoms. The molecule has 31 heavy (non-hydrogen) atoms. The van der Waals surface area contributed by atoms with Gasteiger partial charge in [0.2, 0.25) is 11.8 Å². The SMILES string of the molecule is Cc1ccccc1-n1c(C)nnc1SCCCC(=O)N1CCN(C(=O)C(C)C)C(C)C1. The van der Waals surface area contributed by atoms with E-state index < -0.39 is 0 Å². The van der Waals surface area contributed by atoms with Gasteiger partial charge in [-0.1, -0.05) is 43.8 Å². The standard InChI is InChI=1S/C23H33N5O2S/c1-16(2)22(30)27-13-12-26(15-18(27)4)21(29)11-8-14-31-23-25-24-19(5)28(23)20-10-7-6-9-17(20)3/h6-7,9-10,16,18H,8,11-15H2,1-5H3. The van der Waals surface area contributed by atoms with E-state index in [4.69, 9.17) is 0 Å². The number of benzene rings is 1. The molecule has 2 amide bonds. The third-order valence-corrected chi connectivity index (χ3v) is 6.69. The van der Waals surface area contributed by atoms with E-state index in [2.05, 4.69) is 33.8 Å². The van der Waals surface area contributed by atoms with Crippen LogP contribution in [0, 0.1) is 19.8 Å². The van der Waals surface area contributed by atoms with Gasteiger partial charge in [-0.05, 0) is 38.8 Å². The highest BCUT2D eigenvalue weighted by atomic mass is 32.2. The number of nitrogens with zero attached hydrogens (tertiary/aromatic N) is 5. The Labute approximate surface area is 189 Å². The molecule has 3 rings (SSSR count). The van der Waals surface area contributed by atoms with Crippen molar-refractivity contribution in [1.82, 2.24) is 24.6 Å². The van der Waals surface area contributed by atoms with Gasteiger partial charge in [-0.25, -0.2) is 0 Å². The number of para-hydroxylation sites is 1. The van der Waals surface area contributed by atoms with E-state index in [9.17, 15) is 9.59 Å². The molecule has 0 saturated carbocycles. The van der Waals surface area contributed by atoms with Gasteiger partial charge in [0.25, 0.3) is 0 Å². The van der Waals surface area contributed by atoms with Crippen LogP contribution in [-0.4, -0.2) is 67.8 Å². The van der Waals surface area contributed by atoms with Crippen LogP contribution >= 0.6 is 11.8 Å². The van der Waals surface area contributed by atoms with Crippen molar-refractivity contribution >= 4 is 23.6 Å². The number of hydrogen-bond acceptors (Lipinski definition) is 5. The van der Waals surface area contributed by atoms with Crippen LogP contribution < -0.4 is 0 Å². The number of hydrogen-bond donors (Lipinski definition) is 0. The molecule has 1 saturated heterocycles. The van der Waals surface area contributed by atoms with Crippen molar-refractivity contribution in [3.8, 4) is 5.69 Å². The van der Waals surface area contributed by atoms with Crippen LogP contribution in [0.4, 0.5) is 0 Å². The number of piperazine rings is 1. The van der Waals surface area contributed by atoms with Crippen molar-refractivity contribution in [3.05, 3.63) is 35.7 Å². The van der Waals surface area contributed by atoms with Gasteiger partial charge in [-0.15, -0.1) is 10.2 Å². The van der Waals surface area contributed by atoms with Crippen LogP contribution in [0.3, 0.4) is 0 Å². The van der Waals surface area contributed by atoms with Crippen molar-refractivity contribution in [2.75, 3.05) is 25.4 Å². The number of carbonyl (C=O) groups excluding carboxylic acids is 2. The van der Waals surface area contributed by atoms with Crippen molar-refractivity contribution in [2.24, 2.45) is 5.92 Å². The molecule has 168 valence electrons. The zero-order valence-electron chi connectivity index (χ0n) is 19.2. The Kier molecular flexibility index (Phi) is 7.75. The number of aromatic nitrogens is 3. The van der Waals surface area contributed by atoms with Crippen molar-refractivity contribution in [2.45, 2.75) is 58.7 Å². The highest BCUT2D eigenvalue weighted by molar-refractivity contribution is 7.99. The van der Waals surface area contributed by atoms with E-state index in [1.54, 1.807) is 11.8 Å². The maximum absolute atomic E-state index is 12.7. The van der Waals surface area contributed by atoms with Crippen LogP contribution in [0.15, 0.2) is 29.4 Å². The maximum atomic E-state index is 12.7. The van der Waals surface area contributed by atoms with Gasteiger partial charge in [-0.2, -0.15) is 0 Å². The van der Waals surface area contributed by atoms with Crippen molar-refractivity contribution < 1.29 is 9.59 Å². The van der Waals surface area contributed by atoms with E-state index in [0.29, 0.717) is 26.1 Å².